The molecule has 7 nitrogen and oxygen atoms in total. The third kappa shape index (κ3) is 2.40. The van der Waals surface area contributed by atoms with Gasteiger partial charge in [0.1, 0.15) is 0 Å². The number of nitrogen functional groups attached to an aromatic ring is 1. The number of anilines is 1. The number of methoxy groups -OCH3 is 2. The van der Waals surface area contributed by atoms with Crippen LogP contribution in [0.25, 0.3) is 0 Å². The smallest absolute Gasteiger partial charge is 0.340 e. The van der Waals surface area contributed by atoms with Crippen molar-refractivity contribution < 1.29 is 29.0 Å². The third-order valence-electron chi connectivity index (χ3n) is 2.24. The van der Waals surface area contributed by atoms with E-state index in [0.717, 1.165) is 26.4 Å². The lowest BCUT2D eigenvalue weighted by molar-refractivity contribution is 0.0600. The molecule has 1 aromatic carbocycles. The van der Waals surface area contributed by atoms with Gasteiger partial charge in [-0.2, -0.15) is 0 Å². The molecule has 0 amide bonds. The Labute approximate surface area is 102 Å². The Balaban J connectivity index is 3.51. The van der Waals surface area contributed by atoms with E-state index in [2.05, 4.69) is 9.47 Å². The van der Waals surface area contributed by atoms with Crippen molar-refractivity contribution in [2.75, 3.05) is 20.0 Å². The lowest BCUT2D eigenvalue weighted by Gasteiger charge is -2.09. The van der Waals surface area contributed by atoms with E-state index in [0.29, 0.717) is 0 Å². The van der Waals surface area contributed by atoms with Gasteiger partial charge in [-0.15, -0.1) is 0 Å². The summed E-state index contributed by atoms with van der Waals surface area (Å²) in [6.45, 7) is 0. The van der Waals surface area contributed by atoms with Crippen LogP contribution < -0.4 is 5.73 Å². The molecule has 0 aromatic heterocycles. The molecule has 0 atom stereocenters. The van der Waals surface area contributed by atoms with Crippen molar-refractivity contribution in [3.8, 4) is 0 Å². The highest BCUT2D eigenvalue weighted by atomic mass is 16.5. The predicted molar refractivity (Wildman–Crippen MR) is 60.5 cm³/mol. The number of carbonyl (C=O) groups is 3. The highest BCUT2D eigenvalue weighted by Crippen LogP contribution is 2.22. The first-order valence-corrected chi connectivity index (χ1v) is 4.75. The first-order chi connectivity index (χ1) is 8.42. The first kappa shape index (κ1) is 13.5. The van der Waals surface area contributed by atoms with Crippen molar-refractivity contribution in [1.29, 1.82) is 0 Å². The standard InChI is InChI=1S/C11H11NO6/c1-17-10(15)5-3-6(9(13)14)8(12)7(4-5)11(16)18-2/h3-4H,12H2,1-2H3,(H,13,14). The summed E-state index contributed by atoms with van der Waals surface area (Å²) in [6, 6.07) is 2.16. The number of hydrogen-bond acceptors (Lipinski definition) is 6. The minimum atomic E-state index is -1.36. The van der Waals surface area contributed by atoms with Crippen LogP contribution in [0.4, 0.5) is 5.69 Å². The average molecular weight is 253 g/mol. The van der Waals surface area contributed by atoms with Crippen LogP contribution in [0.2, 0.25) is 0 Å². The molecule has 0 saturated carbocycles. The molecule has 0 saturated heterocycles. The topological polar surface area (TPSA) is 116 Å². The van der Waals surface area contributed by atoms with Gasteiger partial charge in [-0.1, -0.05) is 0 Å². The molecule has 96 valence electrons. The van der Waals surface area contributed by atoms with Gasteiger partial charge >= 0.3 is 17.9 Å². The molecule has 0 fully saturated rings. The van der Waals surface area contributed by atoms with Crippen molar-refractivity contribution in [2.45, 2.75) is 0 Å². The quantitative estimate of drug-likeness (QED) is 0.596. The first-order valence-electron chi connectivity index (χ1n) is 4.75. The highest BCUT2D eigenvalue weighted by Gasteiger charge is 2.21. The van der Waals surface area contributed by atoms with Gasteiger partial charge in [0.15, 0.2) is 0 Å². The monoisotopic (exact) mass is 253 g/mol. The number of aromatic carboxylic acids is 1. The van der Waals surface area contributed by atoms with E-state index in [1.807, 2.05) is 0 Å². The van der Waals surface area contributed by atoms with Crippen LogP contribution in [-0.2, 0) is 9.47 Å². The summed E-state index contributed by atoms with van der Waals surface area (Å²) in [5, 5.41) is 8.94. The average Bonchev–Trinajstić information content (AvgIpc) is 2.36. The van der Waals surface area contributed by atoms with E-state index >= 15 is 0 Å². The highest BCUT2D eigenvalue weighted by molar-refractivity contribution is 6.06. The maximum absolute atomic E-state index is 11.4. The molecule has 0 spiro atoms. The van der Waals surface area contributed by atoms with Crippen LogP contribution in [0, 0.1) is 0 Å². The van der Waals surface area contributed by atoms with Crippen LogP contribution in [0.5, 0.6) is 0 Å². The summed E-state index contributed by atoms with van der Waals surface area (Å²) in [5.41, 5.74) is 4.62. The fourth-order valence-corrected chi connectivity index (χ4v) is 1.34. The van der Waals surface area contributed by atoms with Gasteiger partial charge in [0.2, 0.25) is 0 Å². The van der Waals surface area contributed by atoms with E-state index in [1.54, 1.807) is 0 Å². The lowest BCUT2D eigenvalue weighted by Crippen LogP contribution is -2.14. The zero-order valence-corrected chi connectivity index (χ0v) is 9.72. The Kier molecular flexibility index (Phi) is 3.88. The Bertz CT molecular complexity index is 523. The fraction of sp³-hybridized carbons (Fsp3) is 0.182. The zero-order chi connectivity index (χ0) is 13.9. The van der Waals surface area contributed by atoms with Crippen molar-refractivity contribution in [3.05, 3.63) is 28.8 Å². The largest absolute Gasteiger partial charge is 0.478 e. The van der Waals surface area contributed by atoms with Crippen LogP contribution in [0.15, 0.2) is 12.1 Å². The van der Waals surface area contributed by atoms with Gasteiger partial charge in [-0.25, -0.2) is 14.4 Å². The second kappa shape index (κ2) is 5.17. The van der Waals surface area contributed by atoms with Gasteiger partial charge in [0.05, 0.1) is 36.6 Å². The number of rotatable bonds is 3. The van der Waals surface area contributed by atoms with Gasteiger partial charge in [0.25, 0.3) is 0 Å². The molecular formula is C11H11NO6. The Hall–Kier alpha value is -2.57. The number of carboxylic acid groups (broad SMARTS) is 1. The van der Waals surface area contributed by atoms with Crippen LogP contribution in [-0.4, -0.2) is 37.2 Å². The molecule has 0 radical (unpaired) electrons. The summed E-state index contributed by atoms with van der Waals surface area (Å²) in [5.74, 6) is -2.97. The van der Waals surface area contributed by atoms with E-state index in [1.165, 1.54) is 0 Å². The lowest BCUT2D eigenvalue weighted by atomic mass is 10.0. The van der Waals surface area contributed by atoms with Gasteiger partial charge in [-0.05, 0) is 12.1 Å². The van der Waals surface area contributed by atoms with Crippen molar-refractivity contribution in [3.63, 3.8) is 0 Å². The third-order valence-corrected chi connectivity index (χ3v) is 2.24. The van der Waals surface area contributed by atoms with E-state index in [9.17, 15) is 14.4 Å². The maximum atomic E-state index is 11.4. The minimum absolute atomic E-state index is 0.0931. The second-order valence-electron chi connectivity index (χ2n) is 3.27. The van der Waals surface area contributed by atoms with Gasteiger partial charge in [-0.3, -0.25) is 0 Å². The number of esters is 2. The molecule has 0 unspecified atom stereocenters. The minimum Gasteiger partial charge on any atom is -0.478 e. The summed E-state index contributed by atoms with van der Waals surface area (Å²) in [4.78, 5) is 33.7. The molecule has 0 heterocycles. The van der Waals surface area contributed by atoms with Gasteiger partial charge < -0.3 is 20.3 Å². The molecule has 1 rings (SSSR count). The molecule has 0 aliphatic heterocycles. The Morgan fingerprint density at radius 1 is 1.06 bits per heavy atom. The Morgan fingerprint density at radius 3 is 2.00 bits per heavy atom. The molecule has 0 bridgehead atoms. The number of carbonyl (C=O) groups excluding carboxylic acids is 2. The van der Waals surface area contributed by atoms with Crippen molar-refractivity contribution >= 4 is 23.6 Å². The van der Waals surface area contributed by atoms with Crippen LogP contribution in [0.3, 0.4) is 0 Å². The number of ether oxygens (including phenoxy) is 2. The molecule has 18 heavy (non-hydrogen) atoms. The molecule has 3 N–H and O–H groups in total. The summed E-state index contributed by atoms with van der Waals surface area (Å²) in [7, 11) is 2.25. The maximum Gasteiger partial charge on any atom is 0.340 e. The molecule has 1 aromatic rings. The van der Waals surface area contributed by atoms with Crippen LogP contribution >= 0.6 is 0 Å². The van der Waals surface area contributed by atoms with E-state index in [4.69, 9.17) is 10.8 Å². The molecule has 7 heteroatoms. The second-order valence-corrected chi connectivity index (χ2v) is 3.27. The molecule has 0 aliphatic carbocycles. The van der Waals surface area contributed by atoms with Gasteiger partial charge in [0, 0.05) is 0 Å². The van der Waals surface area contributed by atoms with E-state index in [-0.39, 0.29) is 22.4 Å². The van der Waals surface area contributed by atoms with Crippen molar-refractivity contribution in [2.24, 2.45) is 0 Å². The number of hydrogen-bond donors (Lipinski definition) is 2. The van der Waals surface area contributed by atoms with E-state index < -0.39 is 17.9 Å². The number of benzene rings is 1. The molecule has 0 aliphatic rings. The van der Waals surface area contributed by atoms with Crippen molar-refractivity contribution in [1.82, 2.24) is 0 Å². The molecular weight excluding hydrogens is 242 g/mol. The summed E-state index contributed by atoms with van der Waals surface area (Å²) >= 11 is 0. The summed E-state index contributed by atoms with van der Waals surface area (Å²) in [6.07, 6.45) is 0. The normalized spacial score (nSPS) is 9.67. The summed E-state index contributed by atoms with van der Waals surface area (Å²) < 4.78 is 8.91. The number of carboxylic acids is 1. The zero-order valence-electron chi connectivity index (χ0n) is 9.72. The number of nitrogens with two attached hydrogens (primary N) is 1. The fourth-order valence-electron chi connectivity index (χ4n) is 1.34. The predicted octanol–water partition coefficient (Wildman–Crippen LogP) is 0.540. The van der Waals surface area contributed by atoms with Crippen LogP contribution in [0.1, 0.15) is 31.1 Å². The SMILES string of the molecule is COC(=O)c1cc(C(=O)O)c(N)c(C(=O)OC)c1. The Morgan fingerprint density at radius 2 is 1.56 bits per heavy atom.